The van der Waals surface area contributed by atoms with Gasteiger partial charge in [0.1, 0.15) is 6.61 Å². The van der Waals surface area contributed by atoms with Crippen LogP contribution in [0, 0.1) is 0 Å². The normalized spacial score (nSPS) is 12.2. The zero-order valence-corrected chi connectivity index (χ0v) is 19.3. The number of likely N-dealkylation sites (N-methyl/N-ethyl adjacent to an activating group) is 1. The second kappa shape index (κ2) is 13.3. The van der Waals surface area contributed by atoms with Crippen molar-refractivity contribution in [3.8, 4) is 11.5 Å². The Labute approximate surface area is 176 Å². The van der Waals surface area contributed by atoms with Crippen molar-refractivity contribution in [2.45, 2.75) is 46.8 Å². The van der Waals surface area contributed by atoms with Crippen molar-refractivity contribution in [3.05, 3.63) is 23.8 Å². The van der Waals surface area contributed by atoms with E-state index in [0.29, 0.717) is 19.7 Å². The maximum atomic E-state index is 5.93. The summed E-state index contributed by atoms with van der Waals surface area (Å²) < 4.78 is 16.9. The Morgan fingerprint density at radius 2 is 1.79 bits per heavy atom. The molecule has 2 N–H and O–H groups in total. The zero-order valence-electron chi connectivity index (χ0n) is 19.3. The van der Waals surface area contributed by atoms with E-state index in [0.717, 1.165) is 49.2 Å². The molecular formula is C22H40N4O3. The van der Waals surface area contributed by atoms with Crippen LogP contribution in [0.3, 0.4) is 0 Å². The van der Waals surface area contributed by atoms with E-state index in [1.54, 1.807) is 14.2 Å². The molecule has 0 spiro atoms. The lowest BCUT2D eigenvalue weighted by Crippen LogP contribution is -2.45. The number of nitrogens with zero attached hydrogens (tertiary/aromatic N) is 2. The third kappa shape index (κ3) is 9.37. The highest BCUT2D eigenvalue weighted by atomic mass is 16.5. The Balaban J connectivity index is 2.73. The van der Waals surface area contributed by atoms with Gasteiger partial charge in [-0.1, -0.05) is 19.9 Å². The SMILES string of the molecule is CCNC(=NCc1ccc(OCCN(CC)CC)c(OC)c1)NCC(C)(C)OC. The smallest absolute Gasteiger partial charge is 0.191 e. The number of methoxy groups -OCH3 is 2. The van der Waals surface area contributed by atoms with Crippen molar-refractivity contribution in [1.82, 2.24) is 15.5 Å². The quantitative estimate of drug-likeness (QED) is 0.386. The minimum atomic E-state index is -0.260. The number of ether oxygens (including phenoxy) is 3. The van der Waals surface area contributed by atoms with E-state index in [2.05, 4.69) is 34.4 Å². The van der Waals surface area contributed by atoms with Crippen LogP contribution in [0.1, 0.15) is 40.2 Å². The largest absolute Gasteiger partial charge is 0.493 e. The first-order chi connectivity index (χ1) is 13.9. The van der Waals surface area contributed by atoms with E-state index < -0.39 is 0 Å². The molecule has 0 aliphatic rings. The van der Waals surface area contributed by atoms with Crippen molar-refractivity contribution < 1.29 is 14.2 Å². The lowest BCUT2D eigenvalue weighted by Gasteiger charge is -2.24. The van der Waals surface area contributed by atoms with Crippen LogP contribution in [0.5, 0.6) is 11.5 Å². The molecule has 0 bridgehead atoms. The van der Waals surface area contributed by atoms with Crippen molar-refractivity contribution in [2.24, 2.45) is 4.99 Å². The summed E-state index contributed by atoms with van der Waals surface area (Å²) in [6, 6.07) is 5.97. The summed E-state index contributed by atoms with van der Waals surface area (Å²) in [4.78, 5) is 7.00. The molecule has 0 heterocycles. The van der Waals surface area contributed by atoms with Crippen molar-refractivity contribution in [3.63, 3.8) is 0 Å². The molecule has 0 saturated heterocycles. The highest BCUT2D eigenvalue weighted by molar-refractivity contribution is 5.79. The summed E-state index contributed by atoms with van der Waals surface area (Å²) in [5.41, 5.74) is 0.796. The molecule has 29 heavy (non-hydrogen) atoms. The van der Waals surface area contributed by atoms with Gasteiger partial charge in [0, 0.05) is 26.7 Å². The van der Waals surface area contributed by atoms with Crippen LogP contribution >= 0.6 is 0 Å². The lowest BCUT2D eigenvalue weighted by molar-refractivity contribution is 0.0268. The Bertz CT molecular complexity index is 616. The molecule has 0 radical (unpaired) electrons. The molecule has 0 saturated carbocycles. The highest BCUT2D eigenvalue weighted by Gasteiger charge is 2.16. The van der Waals surface area contributed by atoms with Gasteiger partial charge in [0.15, 0.2) is 17.5 Å². The topological polar surface area (TPSA) is 67.4 Å². The third-order valence-corrected chi connectivity index (χ3v) is 4.79. The monoisotopic (exact) mass is 408 g/mol. The Morgan fingerprint density at radius 1 is 1.07 bits per heavy atom. The van der Waals surface area contributed by atoms with Crippen LogP contribution in [0.25, 0.3) is 0 Å². The van der Waals surface area contributed by atoms with Gasteiger partial charge in [-0.05, 0) is 51.6 Å². The lowest BCUT2D eigenvalue weighted by atomic mass is 10.1. The van der Waals surface area contributed by atoms with Gasteiger partial charge < -0.3 is 29.7 Å². The molecule has 7 nitrogen and oxygen atoms in total. The van der Waals surface area contributed by atoms with Crippen molar-refractivity contribution in [2.75, 3.05) is 53.6 Å². The number of rotatable bonds is 13. The predicted octanol–water partition coefficient (Wildman–Crippen LogP) is 2.90. The summed E-state index contributed by atoms with van der Waals surface area (Å²) >= 11 is 0. The Kier molecular flexibility index (Phi) is 11.5. The summed E-state index contributed by atoms with van der Waals surface area (Å²) in [6.07, 6.45) is 0. The maximum Gasteiger partial charge on any atom is 0.191 e. The van der Waals surface area contributed by atoms with Crippen LogP contribution in [0.2, 0.25) is 0 Å². The van der Waals surface area contributed by atoms with Gasteiger partial charge in [-0.25, -0.2) is 4.99 Å². The van der Waals surface area contributed by atoms with E-state index in [4.69, 9.17) is 14.2 Å². The van der Waals surface area contributed by atoms with E-state index in [-0.39, 0.29) is 5.60 Å². The van der Waals surface area contributed by atoms with E-state index in [9.17, 15) is 0 Å². The molecule has 0 aliphatic heterocycles. The summed E-state index contributed by atoms with van der Waals surface area (Å²) in [5, 5.41) is 6.59. The fourth-order valence-corrected chi connectivity index (χ4v) is 2.63. The molecule has 166 valence electrons. The molecular weight excluding hydrogens is 368 g/mol. The van der Waals surface area contributed by atoms with E-state index in [1.807, 2.05) is 39.0 Å². The second-order valence-corrected chi connectivity index (χ2v) is 7.37. The van der Waals surface area contributed by atoms with E-state index >= 15 is 0 Å². The van der Waals surface area contributed by atoms with E-state index in [1.165, 1.54) is 0 Å². The fourth-order valence-electron chi connectivity index (χ4n) is 2.63. The molecule has 0 amide bonds. The zero-order chi connectivity index (χ0) is 21.7. The van der Waals surface area contributed by atoms with Gasteiger partial charge in [-0.15, -0.1) is 0 Å². The summed E-state index contributed by atoms with van der Waals surface area (Å²) in [7, 11) is 3.38. The first-order valence-corrected chi connectivity index (χ1v) is 10.5. The summed E-state index contributed by atoms with van der Waals surface area (Å²) in [6.45, 7) is 16.0. The molecule has 0 aromatic heterocycles. The van der Waals surface area contributed by atoms with Crippen LogP contribution in [0.15, 0.2) is 23.2 Å². The molecule has 7 heteroatoms. The van der Waals surface area contributed by atoms with Gasteiger partial charge in [-0.2, -0.15) is 0 Å². The minimum Gasteiger partial charge on any atom is -0.493 e. The van der Waals surface area contributed by atoms with Gasteiger partial charge >= 0.3 is 0 Å². The molecule has 1 aromatic carbocycles. The Hall–Kier alpha value is -1.99. The fraction of sp³-hybridized carbons (Fsp3) is 0.682. The molecule has 1 rings (SSSR count). The van der Waals surface area contributed by atoms with Crippen molar-refractivity contribution >= 4 is 5.96 Å². The number of hydrogen-bond donors (Lipinski definition) is 2. The molecule has 0 fully saturated rings. The average Bonchev–Trinajstić information content (AvgIpc) is 2.73. The van der Waals surface area contributed by atoms with Crippen molar-refractivity contribution in [1.29, 1.82) is 0 Å². The molecule has 0 aliphatic carbocycles. The second-order valence-electron chi connectivity index (χ2n) is 7.37. The van der Waals surface area contributed by atoms with Gasteiger partial charge in [0.25, 0.3) is 0 Å². The van der Waals surface area contributed by atoms with Crippen LogP contribution in [-0.2, 0) is 11.3 Å². The molecule has 0 unspecified atom stereocenters. The average molecular weight is 409 g/mol. The molecule has 1 aromatic rings. The van der Waals surface area contributed by atoms with Crippen LogP contribution < -0.4 is 20.1 Å². The number of aliphatic imine (C=N–C) groups is 1. The number of hydrogen-bond acceptors (Lipinski definition) is 5. The van der Waals surface area contributed by atoms with Crippen LogP contribution in [-0.4, -0.2) is 70.0 Å². The van der Waals surface area contributed by atoms with Gasteiger partial charge in [0.2, 0.25) is 0 Å². The third-order valence-electron chi connectivity index (χ3n) is 4.79. The van der Waals surface area contributed by atoms with Gasteiger partial charge in [-0.3, -0.25) is 0 Å². The standard InChI is InChI=1S/C22H40N4O3/c1-8-23-21(25-17-22(4,5)28-7)24-16-18-11-12-19(20(15-18)27-6)29-14-13-26(9-2)10-3/h11-12,15H,8-10,13-14,16-17H2,1-7H3,(H2,23,24,25). The number of benzene rings is 1. The number of guanidine groups is 1. The molecule has 0 atom stereocenters. The summed E-state index contributed by atoms with van der Waals surface area (Å²) in [5.74, 6) is 2.26. The first kappa shape index (κ1) is 25.0. The maximum absolute atomic E-state index is 5.93. The number of nitrogens with one attached hydrogen (secondary N) is 2. The Morgan fingerprint density at radius 3 is 2.38 bits per heavy atom. The van der Waals surface area contributed by atoms with Gasteiger partial charge in [0.05, 0.1) is 19.3 Å². The predicted molar refractivity (Wildman–Crippen MR) is 120 cm³/mol. The minimum absolute atomic E-state index is 0.260. The highest BCUT2D eigenvalue weighted by Crippen LogP contribution is 2.28. The first-order valence-electron chi connectivity index (χ1n) is 10.5. The van der Waals surface area contributed by atoms with Crippen LogP contribution in [0.4, 0.5) is 0 Å².